The topological polar surface area (TPSA) is 56.4 Å². The van der Waals surface area contributed by atoms with Crippen LogP contribution in [-0.2, 0) is 16.0 Å². The third-order valence-corrected chi connectivity index (χ3v) is 7.45. The highest BCUT2D eigenvalue weighted by Crippen LogP contribution is 2.43. The van der Waals surface area contributed by atoms with Gasteiger partial charge in [-0.3, -0.25) is 9.59 Å². The Hall–Kier alpha value is -3.08. The highest BCUT2D eigenvalue weighted by molar-refractivity contribution is 5.97. The molecule has 0 spiro atoms. The van der Waals surface area contributed by atoms with Crippen molar-refractivity contribution < 1.29 is 9.59 Å². The third-order valence-electron chi connectivity index (χ3n) is 7.45. The van der Waals surface area contributed by atoms with E-state index in [2.05, 4.69) is 48.3 Å². The Balaban J connectivity index is 1.51. The number of nitrogens with one attached hydrogen (secondary N) is 1. The molecule has 3 aromatic rings. The third kappa shape index (κ3) is 2.83. The van der Waals surface area contributed by atoms with Gasteiger partial charge in [0.25, 0.3) is 0 Å². The molecule has 2 amide bonds. The molecule has 0 bridgehead atoms. The van der Waals surface area contributed by atoms with Gasteiger partial charge in [-0.2, -0.15) is 0 Å². The van der Waals surface area contributed by atoms with E-state index in [-0.39, 0.29) is 30.4 Å². The van der Waals surface area contributed by atoms with Crippen LogP contribution in [0.5, 0.6) is 0 Å². The molecule has 3 heterocycles. The Kier molecular flexibility index (Phi) is 4.20. The SMILES string of the molecule is Cc1ccc([C@H]2c3[nH]c4ccccc4c3C[C@H]3C(=O)N(C4CCCC4)CC(=O)N23)cc1. The number of piperazine rings is 1. The van der Waals surface area contributed by atoms with Crippen molar-refractivity contribution in [1.29, 1.82) is 0 Å². The summed E-state index contributed by atoms with van der Waals surface area (Å²) in [6.07, 6.45) is 4.91. The van der Waals surface area contributed by atoms with E-state index in [1.165, 1.54) is 11.1 Å². The van der Waals surface area contributed by atoms with Crippen molar-refractivity contribution in [2.45, 2.75) is 57.2 Å². The normalized spacial score (nSPS) is 24.0. The molecular formula is C26H27N3O2. The van der Waals surface area contributed by atoms with Gasteiger partial charge in [0.05, 0.1) is 6.04 Å². The molecule has 2 aromatic carbocycles. The average molecular weight is 414 g/mol. The van der Waals surface area contributed by atoms with Crippen molar-refractivity contribution in [3.05, 3.63) is 70.9 Å². The lowest BCUT2D eigenvalue weighted by molar-refractivity contribution is -0.160. The highest BCUT2D eigenvalue weighted by atomic mass is 16.2. The van der Waals surface area contributed by atoms with Crippen LogP contribution in [-0.4, -0.2) is 45.2 Å². The van der Waals surface area contributed by atoms with Crippen LogP contribution in [0.1, 0.15) is 54.1 Å². The molecule has 5 nitrogen and oxygen atoms in total. The molecule has 1 aromatic heterocycles. The molecule has 1 saturated carbocycles. The van der Waals surface area contributed by atoms with Gasteiger partial charge in [-0.15, -0.1) is 0 Å². The predicted octanol–water partition coefficient (Wildman–Crippen LogP) is 4.10. The van der Waals surface area contributed by atoms with E-state index >= 15 is 0 Å². The van der Waals surface area contributed by atoms with Gasteiger partial charge < -0.3 is 14.8 Å². The number of aromatic nitrogens is 1. The summed E-state index contributed by atoms with van der Waals surface area (Å²) in [6, 6.07) is 16.2. The molecule has 3 aliphatic rings. The summed E-state index contributed by atoms with van der Waals surface area (Å²) < 4.78 is 0. The second-order valence-corrected chi connectivity index (χ2v) is 9.30. The summed E-state index contributed by atoms with van der Waals surface area (Å²) in [7, 11) is 0. The molecule has 31 heavy (non-hydrogen) atoms. The standard InChI is InChI=1S/C26H27N3O2/c1-16-10-12-17(13-11-16)25-24-20(19-8-4-5-9-21(19)27-24)14-22-26(31)28(15-23(30)29(22)25)18-6-2-3-7-18/h4-5,8-13,18,22,25,27H,2-3,6-7,14-15H2,1H3/t22-,25-/m0/s1. The van der Waals surface area contributed by atoms with Crippen LogP contribution in [0.4, 0.5) is 0 Å². The molecule has 6 rings (SSSR count). The Labute approximate surface area is 182 Å². The number of fused-ring (bicyclic) bond motifs is 4. The molecule has 0 unspecified atom stereocenters. The lowest BCUT2D eigenvalue weighted by Crippen LogP contribution is -2.64. The first-order valence-electron chi connectivity index (χ1n) is 11.4. The molecule has 5 heteroatoms. The largest absolute Gasteiger partial charge is 0.356 e. The van der Waals surface area contributed by atoms with Crippen molar-refractivity contribution in [1.82, 2.24) is 14.8 Å². The molecule has 2 atom stereocenters. The number of nitrogens with zero attached hydrogens (tertiary/aromatic N) is 2. The minimum Gasteiger partial charge on any atom is -0.356 e. The van der Waals surface area contributed by atoms with Gasteiger partial charge in [0.2, 0.25) is 11.8 Å². The van der Waals surface area contributed by atoms with Gasteiger partial charge in [0.15, 0.2) is 0 Å². The molecule has 158 valence electrons. The zero-order valence-corrected chi connectivity index (χ0v) is 17.8. The second-order valence-electron chi connectivity index (χ2n) is 9.30. The number of para-hydroxylation sites is 1. The van der Waals surface area contributed by atoms with Crippen molar-refractivity contribution in [3.63, 3.8) is 0 Å². The Morgan fingerprint density at radius 1 is 0.968 bits per heavy atom. The van der Waals surface area contributed by atoms with Crippen LogP contribution in [0.3, 0.4) is 0 Å². The molecule has 1 N–H and O–H groups in total. The van der Waals surface area contributed by atoms with Gasteiger partial charge in [0, 0.05) is 29.1 Å². The number of carbonyl (C=O) groups is 2. The van der Waals surface area contributed by atoms with Gasteiger partial charge in [-0.25, -0.2) is 0 Å². The Bertz CT molecular complexity index is 1170. The number of benzene rings is 2. The van der Waals surface area contributed by atoms with E-state index < -0.39 is 6.04 Å². The fourth-order valence-electron chi connectivity index (χ4n) is 5.91. The summed E-state index contributed by atoms with van der Waals surface area (Å²) in [5.74, 6) is 0.186. The second kappa shape index (κ2) is 6.98. The number of amides is 2. The molecule has 1 saturated heterocycles. The van der Waals surface area contributed by atoms with Crippen LogP contribution in [0, 0.1) is 6.92 Å². The smallest absolute Gasteiger partial charge is 0.246 e. The average Bonchev–Trinajstić information content (AvgIpc) is 3.44. The van der Waals surface area contributed by atoms with E-state index in [0.717, 1.165) is 47.8 Å². The first-order chi connectivity index (χ1) is 15.1. The fraction of sp³-hybridized carbons (Fsp3) is 0.385. The lowest BCUT2D eigenvalue weighted by Gasteiger charge is -2.48. The zero-order valence-electron chi connectivity index (χ0n) is 17.8. The summed E-state index contributed by atoms with van der Waals surface area (Å²) in [6.45, 7) is 2.27. The number of aromatic amines is 1. The number of rotatable bonds is 2. The number of hydrogen-bond acceptors (Lipinski definition) is 2. The van der Waals surface area contributed by atoms with E-state index in [1.807, 2.05) is 21.9 Å². The molecule has 2 aliphatic heterocycles. The maximum absolute atomic E-state index is 13.7. The number of aryl methyl sites for hydroxylation is 1. The molecule has 2 fully saturated rings. The fourth-order valence-corrected chi connectivity index (χ4v) is 5.91. The van der Waals surface area contributed by atoms with Crippen LogP contribution in [0.25, 0.3) is 10.9 Å². The molecular weight excluding hydrogens is 386 g/mol. The van der Waals surface area contributed by atoms with Crippen LogP contribution in [0.15, 0.2) is 48.5 Å². The predicted molar refractivity (Wildman–Crippen MR) is 120 cm³/mol. The summed E-state index contributed by atoms with van der Waals surface area (Å²) in [4.78, 5) is 34.6. The van der Waals surface area contributed by atoms with Crippen molar-refractivity contribution in [2.24, 2.45) is 0 Å². The number of hydrogen-bond donors (Lipinski definition) is 1. The first-order valence-corrected chi connectivity index (χ1v) is 11.4. The summed E-state index contributed by atoms with van der Waals surface area (Å²) in [5.41, 5.74) is 5.53. The van der Waals surface area contributed by atoms with Gasteiger partial charge in [-0.1, -0.05) is 60.9 Å². The van der Waals surface area contributed by atoms with Gasteiger partial charge in [-0.05, 0) is 37.0 Å². The van der Waals surface area contributed by atoms with E-state index in [0.29, 0.717) is 6.42 Å². The van der Waals surface area contributed by atoms with Gasteiger partial charge >= 0.3 is 0 Å². The lowest BCUT2D eigenvalue weighted by atomic mass is 9.85. The monoisotopic (exact) mass is 413 g/mol. The number of carbonyl (C=O) groups excluding carboxylic acids is 2. The minimum atomic E-state index is -0.431. The van der Waals surface area contributed by atoms with E-state index in [4.69, 9.17) is 0 Å². The maximum Gasteiger partial charge on any atom is 0.246 e. The Morgan fingerprint density at radius 3 is 2.48 bits per heavy atom. The van der Waals surface area contributed by atoms with Gasteiger partial charge in [0.1, 0.15) is 12.6 Å². The van der Waals surface area contributed by atoms with Crippen molar-refractivity contribution >= 4 is 22.7 Å². The van der Waals surface area contributed by atoms with E-state index in [9.17, 15) is 9.59 Å². The molecule has 1 aliphatic carbocycles. The van der Waals surface area contributed by atoms with Crippen LogP contribution < -0.4 is 0 Å². The van der Waals surface area contributed by atoms with Crippen molar-refractivity contribution in [3.8, 4) is 0 Å². The zero-order chi connectivity index (χ0) is 21.1. The molecule has 0 radical (unpaired) electrons. The van der Waals surface area contributed by atoms with Crippen molar-refractivity contribution in [2.75, 3.05) is 6.54 Å². The summed E-state index contributed by atoms with van der Waals surface area (Å²) in [5, 5.41) is 1.16. The van der Waals surface area contributed by atoms with Crippen LogP contribution in [0.2, 0.25) is 0 Å². The number of H-pyrrole nitrogens is 1. The van der Waals surface area contributed by atoms with Crippen LogP contribution >= 0.6 is 0 Å². The Morgan fingerprint density at radius 2 is 1.71 bits per heavy atom. The minimum absolute atomic E-state index is 0.0615. The van der Waals surface area contributed by atoms with E-state index in [1.54, 1.807) is 0 Å². The first kappa shape index (κ1) is 18.7. The quantitative estimate of drug-likeness (QED) is 0.688. The summed E-state index contributed by atoms with van der Waals surface area (Å²) >= 11 is 0. The highest BCUT2D eigenvalue weighted by Gasteiger charge is 2.49. The maximum atomic E-state index is 13.7.